The number of sulfonamides is 1. The molecule has 4 nitrogen and oxygen atoms in total. The second-order valence-electron chi connectivity index (χ2n) is 6.22. The fourth-order valence-corrected chi connectivity index (χ4v) is 6.30. The molecule has 0 amide bonds. The van der Waals surface area contributed by atoms with E-state index in [0.717, 1.165) is 25.3 Å². The lowest BCUT2D eigenvalue weighted by Crippen LogP contribution is -2.39. The van der Waals surface area contributed by atoms with Gasteiger partial charge >= 0.3 is 0 Å². The molecule has 2 aliphatic rings. The summed E-state index contributed by atoms with van der Waals surface area (Å²) in [6.07, 6.45) is 2.05. The van der Waals surface area contributed by atoms with Gasteiger partial charge in [-0.1, -0.05) is 0 Å². The summed E-state index contributed by atoms with van der Waals surface area (Å²) < 4.78 is 40.6. The molecule has 2 fully saturated rings. The van der Waals surface area contributed by atoms with Crippen molar-refractivity contribution in [1.82, 2.24) is 9.21 Å². The summed E-state index contributed by atoms with van der Waals surface area (Å²) in [6.45, 7) is 4.44. The van der Waals surface area contributed by atoms with Crippen LogP contribution in [0.3, 0.4) is 0 Å². The molecule has 1 aromatic carbocycles. The van der Waals surface area contributed by atoms with Crippen LogP contribution in [-0.2, 0) is 10.0 Å². The minimum atomic E-state index is -3.54. The van der Waals surface area contributed by atoms with Crippen LogP contribution in [-0.4, -0.2) is 61.3 Å². The number of halogens is 1. The Morgan fingerprint density at radius 1 is 1.22 bits per heavy atom. The summed E-state index contributed by atoms with van der Waals surface area (Å²) in [5.41, 5.74) is 0.471. The lowest BCUT2D eigenvalue weighted by molar-refractivity contribution is 0.223. The van der Waals surface area contributed by atoms with Gasteiger partial charge in [-0.15, -0.1) is 0 Å². The molecule has 0 aromatic heterocycles. The Balaban J connectivity index is 1.75. The average Bonchev–Trinajstić information content (AvgIpc) is 2.91. The smallest absolute Gasteiger partial charge is 0.243 e. The van der Waals surface area contributed by atoms with Crippen LogP contribution in [0.4, 0.5) is 4.39 Å². The number of hydrogen-bond donors (Lipinski definition) is 0. The molecule has 2 saturated heterocycles. The van der Waals surface area contributed by atoms with Crippen molar-refractivity contribution in [2.45, 2.75) is 30.7 Å². The van der Waals surface area contributed by atoms with E-state index in [4.69, 9.17) is 0 Å². The first-order valence-electron chi connectivity index (χ1n) is 8.06. The van der Waals surface area contributed by atoms with Crippen LogP contribution >= 0.6 is 11.8 Å². The summed E-state index contributed by atoms with van der Waals surface area (Å²) in [6, 6.07) is 4.48. The zero-order chi connectivity index (χ0) is 16.4. The summed E-state index contributed by atoms with van der Waals surface area (Å²) >= 11 is 1.98. The number of benzene rings is 1. The Bertz CT molecular complexity index is 660. The molecule has 7 heteroatoms. The van der Waals surface area contributed by atoms with E-state index in [9.17, 15) is 12.8 Å². The Morgan fingerprint density at radius 3 is 2.74 bits per heavy atom. The van der Waals surface area contributed by atoms with E-state index >= 15 is 0 Å². The fourth-order valence-electron chi connectivity index (χ4n) is 3.37. The molecule has 2 aliphatic heterocycles. The van der Waals surface area contributed by atoms with Crippen LogP contribution in [0.2, 0.25) is 0 Å². The van der Waals surface area contributed by atoms with E-state index in [2.05, 4.69) is 4.90 Å². The van der Waals surface area contributed by atoms with Crippen molar-refractivity contribution < 1.29 is 12.8 Å². The summed E-state index contributed by atoms with van der Waals surface area (Å²) in [7, 11) is -3.54. The van der Waals surface area contributed by atoms with Crippen molar-refractivity contribution in [2.24, 2.45) is 0 Å². The quantitative estimate of drug-likeness (QED) is 0.832. The number of aryl methyl sites for hydroxylation is 1. The van der Waals surface area contributed by atoms with Crippen LogP contribution < -0.4 is 0 Å². The number of thioether (sulfide) groups is 1. The largest absolute Gasteiger partial charge is 0.298 e. The van der Waals surface area contributed by atoms with E-state index < -0.39 is 15.8 Å². The molecule has 0 radical (unpaired) electrons. The highest BCUT2D eigenvalue weighted by Crippen LogP contribution is 2.25. The van der Waals surface area contributed by atoms with Crippen molar-refractivity contribution in [1.29, 1.82) is 0 Å². The SMILES string of the molecule is Cc1cc(F)ccc1S(=O)(=O)N1CCCN(C2CCSC2)CC1. The third-order valence-electron chi connectivity index (χ3n) is 4.67. The zero-order valence-electron chi connectivity index (χ0n) is 13.4. The Morgan fingerprint density at radius 2 is 2.04 bits per heavy atom. The maximum atomic E-state index is 13.2. The standard InChI is InChI=1S/C16H23FN2O2S2/c1-13-11-14(17)3-4-16(13)23(20,21)19-7-2-6-18(8-9-19)15-5-10-22-12-15/h3-4,11,15H,2,5-10,12H2,1H3. The lowest BCUT2D eigenvalue weighted by atomic mass is 10.2. The molecule has 1 atom stereocenters. The second-order valence-corrected chi connectivity index (χ2v) is 9.28. The summed E-state index contributed by atoms with van der Waals surface area (Å²) in [5.74, 6) is 1.96. The van der Waals surface area contributed by atoms with E-state index in [1.165, 1.54) is 30.4 Å². The second kappa shape index (κ2) is 7.09. The number of rotatable bonds is 3. The first kappa shape index (κ1) is 17.2. The van der Waals surface area contributed by atoms with Crippen LogP contribution in [0.15, 0.2) is 23.1 Å². The van der Waals surface area contributed by atoms with Gasteiger partial charge in [-0.25, -0.2) is 12.8 Å². The maximum Gasteiger partial charge on any atom is 0.243 e. The van der Waals surface area contributed by atoms with Crippen molar-refractivity contribution in [3.8, 4) is 0 Å². The van der Waals surface area contributed by atoms with Gasteiger partial charge in [-0.3, -0.25) is 4.90 Å². The Labute approximate surface area is 142 Å². The zero-order valence-corrected chi connectivity index (χ0v) is 15.0. The molecular weight excluding hydrogens is 335 g/mol. The van der Waals surface area contributed by atoms with Gasteiger partial charge in [0.15, 0.2) is 0 Å². The van der Waals surface area contributed by atoms with Gasteiger partial charge in [-0.05, 0) is 55.8 Å². The topological polar surface area (TPSA) is 40.6 Å². The molecule has 1 unspecified atom stereocenters. The molecule has 0 N–H and O–H groups in total. The maximum absolute atomic E-state index is 13.2. The average molecular weight is 359 g/mol. The third kappa shape index (κ3) is 3.73. The lowest BCUT2D eigenvalue weighted by Gasteiger charge is -2.26. The normalized spacial score (nSPS) is 24.7. The van der Waals surface area contributed by atoms with Crippen molar-refractivity contribution in [3.05, 3.63) is 29.6 Å². The minimum Gasteiger partial charge on any atom is -0.298 e. The van der Waals surface area contributed by atoms with E-state index in [-0.39, 0.29) is 4.90 Å². The molecule has 0 saturated carbocycles. The van der Waals surface area contributed by atoms with Crippen molar-refractivity contribution >= 4 is 21.8 Å². The van der Waals surface area contributed by atoms with Gasteiger partial charge < -0.3 is 0 Å². The molecule has 1 aromatic rings. The Kier molecular flexibility index (Phi) is 5.30. The molecule has 0 spiro atoms. The van der Waals surface area contributed by atoms with E-state index in [1.807, 2.05) is 11.8 Å². The highest BCUT2D eigenvalue weighted by atomic mass is 32.2. The van der Waals surface area contributed by atoms with Gasteiger partial charge in [0, 0.05) is 31.4 Å². The minimum absolute atomic E-state index is 0.226. The van der Waals surface area contributed by atoms with E-state index in [0.29, 0.717) is 24.7 Å². The highest BCUT2D eigenvalue weighted by Gasteiger charge is 2.31. The van der Waals surface area contributed by atoms with Gasteiger partial charge in [0.25, 0.3) is 0 Å². The molecule has 0 aliphatic carbocycles. The molecule has 23 heavy (non-hydrogen) atoms. The first-order valence-corrected chi connectivity index (χ1v) is 10.7. The fraction of sp³-hybridized carbons (Fsp3) is 0.625. The summed E-state index contributed by atoms with van der Waals surface area (Å²) in [4.78, 5) is 2.66. The highest BCUT2D eigenvalue weighted by molar-refractivity contribution is 7.99. The molecular formula is C16H23FN2O2S2. The van der Waals surface area contributed by atoms with Gasteiger partial charge in [0.1, 0.15) is 5.82 Å². The van der Waals surface area contributed by atoms with Gasteiger partial charge in [0.05, 0.1) is 4.90 Å². The van der Waals surface area contributed by atoms with E-state index in [1.54, 1.807) is 11.2 Å². The van der Waals surface area contributed by atoms with Crippen LogP contribution in [0, 0.1) is 12.7 Å². The molecule has 2 heterocycles. The molecule has 3 rings (SSSR count). The van der Waals surface area contributed by atoms with Crippen molar-refractivity contribution in [3.63, 3.8) is 0 Å². The summed E-state index contributed by atoms with van der Waals surface area (Å²) in [5, 5.41) is 0. The van der Waals surface area contributed by atoms with Crippen LogP contribution in [0.25, 0.3) is 0 Å². The van der Waals surface area contributed by atoms with Gasteiger partial charge in [-0.2, -0.15) is 16.1 Å². The first-order chi connectivity index (χ1) is 11.0. The van der Waals surface area contributed by atoms with Crippen molar-refractivity contribution in [2.75, 3.05) is 37.7 Å². The monoisotopic (exact) mass is 358 g/mol. The number of hydrogen-bond acceptors (Lipinski definition) is 4. The molecule has 0 bridgehead atoms. The Hall–Kier alpha value is -0.630. The molecule has 128 valence electrons. The number of nitrogens with zero attached hydrogens (tertiary/aromatic N) is 2. The van der Waals surface area contributed by atoms with Crippen LogP contribution in [0.1, 0.15) is 18.4 Å². The van der Waals surface area contributed by atoms with Crippen LogP contribution in [0.5, 0.6) is 0 Å². The van der Waals surface area contributed by atoms with Gasteiger partial charge in [0.2, 0.25) is 10.0 Å². The predicted molar refractivity (Wildman–Crippen MR) is 91.8 cm³/mol. The predicted octanol–water partition coefficient (Wildman–Crippen LogP) is 2.34. The third-order valence-corrected chi connectivity index (χ3v) is 7.87.